The lowest BCUT2D eigenvalue weighted by atomic mass is 9.97. The van der Waals surface area contributed by atoms with E-state index in [9.17, 15) is 24.0 Å². The van der Waals surface area contributed by atoms with Gasteiger partial charge in [-0.15, -0.1) is 0 Å². The summed E-state index contributed by atoms with van der Waals surface area (Å²) >= 11 is 5.22. The van der Waals surface area contributed by atoms with Crippen LogP contribution in [0.15, 0.2) is 38.6 Å². The van der Waals surface area contributed by atoms with E-state index in [-0.39, 0.29) is 16.3 Å². The van der Waals surface area contributed by atoms with Crippen LogP contribution < -0.4 is 16.1 Å². The molecular weight excluding hydrogens is 590 g/mol. The molecule has 15 nitrogen and oxygen atoms in total. The third kappa shape index (κ3) is 8.71. The van der Waals surface area contributed by atoms with Gasteiger partial charge in [0.25, 0.3) is 0 Å². The van der Waals surface area contributed by atoms with E-state index in [2.05, 4.69) is 5.10 Å². The molecule has 1 aromatic heterocycles. The minimum atomic E-state index is -1.51. The number of nitrogens with two attached hydrogens (primary N) is 1. The standard InChI is InChI=1S/C27H31N3O12S/c1-6-36-18-7-8-20-19(10-18)17(9-22(35)41-20)11-29-30(27(28)43)26-25(40-16(5)34)24(39-15(4)33)23(38-14(3)32)21(42-26)12-37-13(2)31/h7-11,21,23-26H,6,12H2,1-5H3,(H2,28,43)/t21-,23-,24+,25-,26-/m1/s1. The molecule has 3 rings (SSSR count). The molecule has 2 aromatic rings. The highest BCUT2D eigenvalue weighted by atomic mass is 32.1. The highest BCUT2D eigenvalue weighted by Crippen LogP contribution is 2.31. The molecule has 1 fully saturated rings. The van der Waals surface area contributed by atoms with Gasteiger partial charge in [-0.3, -0.25) is 19.2 Å². The molecule has 0 aliphatic carbocycles. The molecule has 0 amide bonds. The van der Waals surface area contributed by atoms with Crippen LogP contribution in [-0.2, 0) is 42.9 Å². The Morgan fingerprint density at radius 2 is 1.60 bits per heavy atom. The predicted octanol–water partition coefficient (Wildman–Crippen LogP) is 1.15. The van der Waals surface area contributed by atoms with Gasteiger partial charge < -0.3 is 38.6 Å². The first-order valence-corrected chi connectivity index (χ1v) is 13.3. The summed E-state index contributed by atoms with van der Waals surface area (Å²) in [4.78, 5) is 60.2. The highest BCUT2D eigenvalue weighted by molar-refractivity contribution is 7.80. The Labute approximate surface area is 250 Å². The molecule has 0 unspecified atom stereocenters. The van der Waals surface area contributed by atoms with Crippen LogP contribution in [0.1, 0.15) is 40.2 Å². The maximum atomic E-state index is 12.3. The van der Waals surface area contributed by atoms with Crippen LogP contribution in [0.25, 0.3) is 11.0 Å². The van der Waals surface area contributed by atoms with Crippen LogP contribution in [0.5, 0.6) is 5.75 Å². The smallest absolute Gasteiger partial charge is 0.336 e. The Hall–Kier alpha value is -4.57. The van der Waals surface area contributed by atoms with Crippen molar-refractivity contribution >= 4 is 58.4 Å². The first-order valence-electron chi connectivity index (χ1n) is 12.9. The second kappa shape index (κ2) is 14.6. The van der Waals surface area contributed by atoms with Crippen LogP contribution in [0.4, 0.5) is 0 Å². The second-order valence-corrected chi connectivity index (χ2v) is 9.55. The fourth-order valence-corrected chi connectivity index (χ4v) is 4.46. The number of fused-ring (bicyclic) bond motifs is 1. The molecule has 1 aliphatic rings. The number of rotatable bonds is 10. The van der Waals surface area contributed by atoms with Crippen molar-refractivity contribution in [1.29, 1.82) is 0 Å². The fourth-order valence-electron chi connectivity index (χ4n) is 4.30. The summed E-state index contributed by atoms with van der Waals surface area (Å²) in [6, 6.07) is 6.01. The molecule has 43 heavy (non-hydrogen) atoms. The average Bonchev–Trinajstić information content (AvgIpc) is 2.90. The summed E-state index contributed by atoms with van der Waals surface area (Å²) < 4.78 is 38.3. The number of benzene rings is 1. The van der Waals surface area contributed by atoms with Gasteiger partial charge in [-0.05, 0) is 37.3 Å². The van der Waals surface area contributed by atoms with Gasteiger partial charge in [0, 0.05) is 44.7 Å². The Morgan fingerprint density at radius 1 is 0.977 bits per heavy atom. The van der Waals surface area contributed by atoms with E-state index >= 15 is 0 Å². The Kier molecular flexibility index (Phi) is 11.1. The Bertz CT molecular complexity index is 1470. The van der Waals surface area contributed by atoms with Crippen molar-refractivity contribution in [1.82, 2.24) is 5.01 Å². The van der Waals surface area contributed by atoms with E-state index in [0.29, 0.717) is 17.7 Å². The highest BCUT2D eigenvalue weighted by Gasteiger charge is 2.54. The maximum Gasteiger partial charge on any atom is 0.336 e. The van der Waals surface area contributed by atoms with Crippen molar-refractivity contribution in [3.8, 4) is 5.75 Å². The van der Waals surface area contributed by atoms with Gasteiger partial charge >= 0.3 is 29.5 Å². The number of thiocarbonyl (C=S) groups is 1. The van der Waals surface area contributed by atoms with Gasteiger partial charge in [0.15, 0.2) is 29.7 Å². The summed E-state index contributed by atoms with van der Waals surface area (Å²) in [5, 5.41) is 5.33. The lowest BCUT2D eigenvalue weighted by molar-refractivity contribution is -0.271. The Balaban J connectivity index is 2.14. The van der Waals surface area contributed by atoms with Gasteiger partial charge in [0.1, 0.15) is 24.0 Å². The second-order valence-electron chi connectivity index (χ2n) is 9.13. The van der Waals surface area contributed by atoms with Gasteiger partial charge in [-0.25, -0.2) is 9.80 Å². The lowest BCUT2D eigenvalue weighted by Crippen LogP contribution is -2.66. The number of hydrazone groups is 1. The summed E-state index contributed by atoms with van der Waals surface area (Å²) in [6.07, 6.45) is -5.91. The molecule has 1 aliphatic heterocycles. The normalized spacial score (nSPS) is 21.6. The van der Waals surface area contributed by atoms with Gasteiger partial charge in [-0.1, -0.05) is 0 Å². The van der Waals surface area contributed by atoms with Crippen molar-refractivity contribution in [2.75, 3.05) is 13.2 Å². The topological polar surface area (TPSA) is 195 Å². The monoisotopic (exact) mass is 621 g/mol. The van der Waals surface area contributed by atoms with Crippen LogP contribution >= 0.6 is 12.2 Å². The summed E-state index contributed by atoms with van der Waals surface area (Å²) in [7, 11) is 0. The van der Waals surface area contributed by atoms with Gasteiger partial charge in [-0.2, -0.15) is 5.10 Å². The number of carbonyl (C=O) groups is 4. The molecule has 2 heterocycles. The molecule has 0 bridgehead atoms. The zero-order valence-electron chi connectivity index (χ0n) is 24.0. The number of esters is 4. The van der Waals surface area contributed by atoms with E-state index in [4.69, 9.17) is 50.8 Å². The zero-order valence-corrected chi connectivity index (χ0v) is 24.8. The Morgan fingerprint density at radius 3 is 2.19 bits per heavy atom. The van der Waals surface area contributed by atoms with Crippen molar-refractivity contribution in [3.05, 3.63) is 40.2 Å². The van der Waals surface area contributed by atoms with E-state index < -0.39 is 66.8 Å². The summed E-state index contributed by atoms with van der Waals surface area (Å²) in [6.45, 7) is 6.17. The molecule has 0 saturated carbocycles. The minimum Gasteiger partial charge on any atom is -0.494 e. The quantitative estimate of drug-likeness (QED) is 0.0990. The largest absolute Gasteiger partial charge is 0.494 e. The zero-order chi connectivity index (χ0) is 31.8. The maximum absolute atomic E-state index is 12.3. The number of hydrogen-bond acceptors (Lipinski definition) is 14. The van der Waals surface area contributed by atoms with Crippen LogP contribution in [-0.4, -0.2) is 84.1 Å². The first-order chi connectivity index (χ1) is 20.3. The van der Waals surface area contributed by atoms with E-state index in [0.717, 1.165) is 32.7 Å². The van der Waals surface area contributed by atoms with E-state index in [1.165, 1.54) is 12.3 Å². The molecule has 1 saturated heterocycles. The van der Waals surface area contributed by atoms with Crippen molar-refractivity contribution in [3.63, 3.8) is 0 Å². The molecule has 232 valence electrons. The van der Waals surface area contributed by atoms with E-state index in [1.807, 2.05) is 6.92 Å². The number of carbonyl (C=O) groups excluding carboxylic acids is 4. The first kappa shape index (κ1) is 32.9. The van der Waals surface area contributed by atoms with E-state index in [1.54, 1.807) is 18.2 Å². The minimum absolute atomic E-state index is 0.242. The molecule has 0 spiro atoms. The number of nitrogens with zero attached hydrogens (tertiary/aromatic N) is 2. The van der Waals surface area contributed by atoms with Crippen molar-refractivity contribution < 1.29 is 52.0 Å². The molecule has 5 atom stereocenters. The predicted molar refractivity (Wildman–Crippen MR) is 152 cm³/mol. The summed E-state index contributed by atoms with van der Waals surface area (Å²) in [5.41, 5.74) is 5.85. The lowest BCUT2D eigenvalue weighted by Gasteiger charge is -2.46. The SMILES string of the molecule is CCOc1ccc2oc(=O)cc(C=NN(C(N)=S)[C@@H]3O[C@H](COC(C)=O)[C@@H](OC(C)=O)[C@H](OC(C)=O)[C@H]3OC(C)=O)c2c1. The third-order valence-corrected chi connectivity index (χ3v) is 6.00. The van der Waals surface area contributed by atoms with Gasteiger partial charge in [0.05, 0.1) is 12.8 Å². The molecular formula is C27H31N3O12S. The number of hydrogen-bond donors (Lipinski definition) is 1. The van der Waals surface area contributed by atoms with Crippen molar-refractivity contribution in [2.45, 2.75) is 65.3 Å². The molecule has 2 N–H and O–H groups in total. The fraction of sp³-hybridized carbons (Fsp3) is 0.444. The molecule has 1 aromatic carbocycles. The molecule has 0 radical (unpaired) electrons. The average molecular weight is 622 g/mol. The van der Waals surface area contributed by atoms with Crippen molar-refractivity contribution in [2.24, 2.45) is 10.8 Å². The summed E-state index contributed by atoms with van der Waals surface area (Å²) in [5.74, 6) is -2.60. The third-order valence-electron chi connectivity index (χ3n) is 5.81. The van der Waals surface area contributed by atoms with Gasteiger partial charge in [0.2, 0.25) is 0 Å². The van der Waals surface area contributed by atoms with Crippen LogP contribution in [0.2, 0.25) is 0 Å². The number of ether oxygens (including phenoxy) is 6. The van der Waals surface area contributed by atoms with Crippen LogP contribution in [0, 0.1) is 0 Å². The molecule has 16 heteroatoms. The van der Waals surface area contributed by atoms with Crippen LogP contribution in [0.3, 0.4) is 0 Å².